The van der Waals surface area contributed by atoms with Crippen LogP contribution in [0.25, 0.3) is 10.9 Å². The predicted octanol–water partition coefficient (Wildman–Crippen LogP) is 4.14. The molecule has 0 saturated heterocycles. The van der Waals surface area contributed by atoms with E-state index < -0.39 is 29.6 Å². The molecule has 2 N–H and O–H groups in total. The molecule has 0 spiro atoms. The Morgan fingerprint density at radius 2 is 1.68 bits per heavy atom. The fourth-order valence-corrected chi connectivity index (χ4v) is 3.33. The Labute approximate surface area is 182 Å². The van der Waals surface area contributed by atoms with Crippen LogP contribution in [0.5, 0.6) is 0 Å². The van der Waals surface area contributed by atoms with Crippen molar-refractivity contribution in [1.29, 1.82) is 0 Å². The summed E-state index contributed by atoms with van der Waals surface area (Å²) >= 11 is 0. The van der Waals surface area contributed by atoms with Crippen molar-refractivity contribution in [2.45, 2.75) is 58.4 Å². The van der Waals surface area contributed by atoms with Crippen molar-refractivity contribution < 1.29 is 19.1 Å². The molecule has 2 aromatic carbocycles. The van der Waals surface area contributed by atoms with E-state index in [1.807, 2.05) is 81.6 Å². The first-order chi connectivity index (χ1) is 14.7. The number of para-hydroxylation sites is 1. The molecule has 0 amide bonds. The fourth-order valence-electron chi connectivity index (χ4n) is 3.33. The van der Waals surface area contributed by atoms with Gasteiger partial charge in [0.25, 0.3) is 0 Å². The summed E-state index contributed by atoms with van der Waals surface area (Å²) in [6.45, 7) is 7.35. The average Bonchev–Trinajstić information content (AvgIpc) is 3.14. The molecule has 0 aliphatic heterocycles. The van der Waals surface area contributed by atoms with Crippen molar-refractivity contribution >= 4 is 22.8 Å². The molecule has 3 aromatic rings. The molecule has 0 radical (unpaired) electrons. The standard InChI is InChI=1S/C25H30N2O4/c1-17(23(28)30-16-18-10-6-5-7-11-18)27-22(24(29)31-25(2,3)4)14-19-15-26-21-13-9-8-12-20(19)21/h5-13,15,17,22,26-27H,14,16H2,1-4H3/t17-,22+/m1/s1. The van der Waals surface area contributed by atoms with Crippen LogP contribution in [0.1, 0.15) is 38.8 Å². The second kappa shape index (κ2) is 9.79. The molecule has 1 heterocycles. The summed E-state index contributed by atoms with van der Waals surface area (Å²) in [5, 5.41) is 4.15. The van der Waals surface area contributed by atoms with Crippen molar-refractivity contribution in [2.24, 2.45) is 0 Å². The molecule has 164 valence electrons. The molecule has 0 unspecified atom stereocenters. The number of benzene rings is 2. The molecular formula is C25H30N2O4. The Hall–Kier alpha value is -3.12. The third-order valence-corrected chi connectivity index (χ3v) is 4.82. The van der Waals surface area contributed by atoms with E-state index in [4.69, 9.17) is 9.47 Å². The van der Waals surface area contributed by atoms with Gasteiger partial charge in [0.05, 0.1) is 0 Å². The van der Waals surface area contributed by atoms with Gasteiger partial charge in [-0.1, -0.05) is 48.5 Å². The van der Waals surface area contributed by atoms with Crippen molar-refractivity contribution in [3.8, 4) is 0 Å². The second-order valence-electron chi connectivity index (χ2n) is 8.63. The van der Waals surface area contributed by atoms with Crippen LogP contribution in [0, 0.1) is 0 Å². The monoisotopic (exact) mass is 422 g/mol. The minimum absolute atomic E-state index is 0.186. The van der Waals surface area contributed by atoms with E-state index in [1.54, 1.807) is 6.92 Å². The highest BCUT2D eigenvalue weighted by molar-refractivity contribution is 5.85. The van der Waals surface area contributed by atoms with Gasteiger partial charge in [-0.3, -0.25) is 14.9 Å². The number of aromatic nitrogens is 1. The van der Waals surface area contributed by atoms with Gasteiger partial charge in [-0.2, -0.15) is 0 Å². The maximum absolute atomic E-state index is 12.9. The molecule has 3 rings (SSSR count). The number of H-pyrrole nitrogens is 1. The van der Waals surface area contributed by atoms with E-state index in [0.29, 0.717) is 6.42 Å². The van der Waals surface area contributed by atoms with Gasteiger partial charge >= 0.3 is 11.9 Å². The minimum atomic E-state index is -0.697. The summed E-state index contributed by atoms with van der Waals surface area (Å²) in [7, 11) is 0. The van der Waals surface area contributed by atoms with E-state index in [0.717, 1.165) is 22.0 Å². The number of aromatic amines is 1. The van der Waals surface area contributed by atoms with Gasteiger partial charge in [-0.05, 0) is 44.9 Å². The minimum Gasteiger partial charge on any atom is -0.460 e. The van der Waals surface area contributed by atoms with Crippen LogP contribution in [0.3, 0.4) is 0 Å². The summed E-state index contributed by atoms with van der Waals surface area (Å²) in [6.07, 6.45) is 2.28. The number of carbonyl (C=O) groups excluding carboxylic acids is 2. The lowest BCUT2D eigenvalue weighted by Crippen LogP contribution is -2.49. The summed E-state index contributed by atoms with van der Waals surface area (Å²) in [6, 6.07) is 16.0. The van der Waals surface area contributed by atoms with Crippen LogP contribution >= 0.6 is 0 Å². The Balaban J connectivity index is 1.71. The fraction of sp³-hybridized carbons (Fsp3) is 0.360. The summed E-state index contributed by atoms with van der Waals surface area (Å²) in [5.74, 6) is -0.822. The molecule has 6 nitrogen and oxygen atoms in total. The van der Waals surface area contributed by atoms with Crippen LogP contribution in [0.15, 0.2) is 60.8 Å². The summed E-state index contributed by atoms with van der Waals surface area (Å²) in [5.41, 5.74) is 2.25. The zero-order valence-electron chi connectivity index (χ0n) is 18.5. The Kier molecular flexibility index (Phi) is 7.13. The van der Waals surface area contributed by atoms with Gasteiger partial charge in [-0.25, -0.2) is 0 Å². The van der Waals surface area contributed by atoms with Gasteiger partial charge < -0.3 is 14.5 Å². The molecule has 0 fully saturated rings. The molecule has 2 atom stereocenters. The largest absolute Gasteiger partial charge is 0.460 e. The number of carbonyl (C=O) groups is 2. The maximum atomic E-state index is 12.9. The smallest absolute Gasteiger partial charge is 0.324 e. The predicted molar refractivity (Wildman–Crippen MR) is 120 cm³/mol. The van der Waals surface area contributed by atoms with E-state index >= 15 is 0 Å². The number of hydrogen-bond acceptors (Lipinski definition) is 5. The van der Waals surface area contributed by atoms with Crippen LogP contribution in [0.4, 0.5) is 0 Å². The number of esters is 2. The molecule has 0 saturated carbocycles. The van der Waals surface area contributed by atoms with Gasteiger partial charge in [0, 0.05) is 23.5 Å². The van der Waals surface area contributed by atoms with Crippen LogP contribution in [0.2, 0.25) is 0 Å². The van der Waals surface area contributed by atoms with Crippen LogP contribution in [-0.4, -0.2) is 34.6 Å². The Morgan fingerprint density at radius 3 is 2.39 bits per heavy atom. The Morgan fingerprint density at radius 1 is 1.00 bits per heavy atom. The first-order valence-corrected chi connectivity index (χ1v) is 10.5. The van der Waals surface area contributed by atoms with E-state index in [2.05, 4.69) is 10.3 Å². The summed E-state index contributed by atoms with van der Waals surface area (Å²) in [4.78, 5) is 28.7. The highest BCUT2D eigenvalue weighted by atomic mass is 16.6. The first-order valence-electron chi connectivity index (χ1n) is 10.5. The van der Waals surface area contributed by atoms with E-state index in [9.17, 15) is 9.59 Å². The lowest BCUT2D eigenvalue weighted by atomic mass is 10.0. The normalized spacial score (nSPS) is 13.5. The lowest BCUT2D eigenvalue weighted by molar-refractivity contribution is -0.158. The van der Waals surface area contributed by atoms with Gasteiger partial charge in [0.15, 0.2) is 0 Å². The highest BCUT2D eigenvalue weighted by Gasteiger charge is 2.29. The van der Waals surface area contributed by atoms with E-state index in [-0.39, 0.29) is 6.61 Å². The van der Waals surface area contributed by atoms with Crippen molar-refractivity contribution in [3.63, 3.8) is 0 Å². The third kappa shape index (κ3) is 6.43. The molecule has 0 aliphatic rings. The quantitative estimate of drug-likeness (QED) is 0.533. The summed E-state index contributed by atoms with van der Waals surface area (Å²) < 4.78 is 11.0. The van der Waals surface area contributed by atoms with Crippen LogP contribution < -0.4 is 5.32 Å². The molecule has 0 aliphatic carbocycles. The first kappa shape index (κ1) is 22.6. The molecule has 1 aromatic heterocycles. The van der Waals surface area contributed by atoms with Gasteiger partial charge in [0.2, 0.25) is 0 Å². The zero-order chi connectivity index (χ0) is 22.4. The number of rotatable bonds is 8. The molecule has 0 bridgehead atoms. The molecule has 6 heteroatoms. The number of hydrogen-bond donors (Lipinski definition) is 2. The SMILES string of the molecule is C[C@@H](N[C@@H](Cc1c[nH]c2ccccc12)C(=O)OC(C)(C)C)C(=O)OCc1ccccc1. The zero-order valence-corrected chi connectivity index (χ0v) is 18.5. The Bertz CT molecular complexity index is 1020. The number of fused-ring (bicyclic) bond motifs is 1. The van der Waals surface area contributed by atoms with Crippen molar-refractivity contribution in [2.75, 3.05) is 0 Å². The molecule has 31 heavy (non-hydrogen) atoms. The van der Waals surface area contributed by atoms with Gasteiger partial charge in [-0.15, -0.1) is 0 Å². The number of ether oxygens (including phenoxy) is 2. The van der Waals surface area contributed by atoms with Gasteiger partial charge in [0.1, 0.15) is 24.3 Å². The highest BCUT2D eigenvalue weighted by Crippen LogP contribution is 2.20. The third-order valence-electron chi connectivity index (χ3n) is 4.82. The lowest BCUT2D eigenvalue weighted by Gasteiger charge is -2.26. The van der Waals surface area contributed by atoms with E-state index in [1.165, 1.54) is 0 Å². The molecular weight excluding hydrogens is 392 g/mol. The van der Waals surface area contributed by atoms with Crippen molar-refractivity contribution in [1.82, 2.24) is 10.3 Å². The van der Waals surface area contributed by atoms with Crippen molar-refractivity contribution in [3.05, 3.63) is 71.9 Å². The van der Waals surface area contributed by atoms with Crippen LogP contribution in [-0.2, 0) is 32.1 Å². The average molecular weight is 423 g/mol. The topological polar surface area (TPSA) is 80.4 Å². The second-order valence-corrected chi connectivity index (χ2v) is 8.63. The maximum Gasteiger partial charge on any atom is 0.324 e. The number of nitrogens with one attached hydrogen (secondary N) is 2.